The largest absolute Gasteiger partial charge is 0.504 e. The molecule has 0 aromatic heterocycles. The Morgan fingerprint density at radius 2 is 2.17 bits per heavy atom. The molecule has 2 rings (SSSR count). The number of hydrogen-bond donors (Lipinski definition) is 1. The number of rotatable bonds is 3. The Bertz CT molecular complexity index is 405. The standard InChI is InChI=1S/C14H20O4/c1-4-11-7-9(2)17-14(18-11)10-5-6-12(15)13(8-10)16-3/h5-6,8-9,11,14-15H,4,7H2,1-3H3. The molecule has 1 saturated heterocycles. The minimum Gasteiger partial charge on any atom is -0.504 e. The maximum absolute atomic E-state index is 9.58. The van der Waals surface area contributed by atoms with Crippen molar-refractivity contribution in [2.45, 2.75) is 45.2 Å². The van der Waals surface area contributed by atoms with Gasteiger partial charge in [0.2, 0.25) is 0 Å². The first-order valence-electron chi connectivity index (χ1n) is 6.31. The Balaban J connectivity index is 2.19. The molecule has 1 aromatic rings. The zero-order chi connectivity index (χ0) is 13.1. The molecule has 3 unspecified atom stereocenters. The van der Waals surface area contributed by atoms with Crippen LogP contribution in [0.1, 0.15) is 38.5 Å². The van der Waals surface area contributed by atoms with Gasteiger partial charge in [-0.15, -0.1) is 0 Å². The smallest absolute Gasteiger partial charge is 0.184 e. The highest BCUT2D eigenvalue weighted by molar-refractivity contribution is 5.42. The maximum Gasteiger partial charge on any atom is 0.184 e. The maximum atomic E-state index is 9.58. The van der Waals surface area contributed by atoms with Crippen molar-refractivity contribution in [1.29, 1.82) is 0 Å². The molecule has 0 aliphatic carbocycles. The van der Waals surface area contributed by atoms with E-state index in [9.17, 15) is 5.11 Å². The van der Waals surface area contributed by atoms with E-state index in [-0.39, 0.29) is 24.2 Å². The lowest BCUT2D eigenvalue weighted by Gasteiger charge is -2.34. The monoisotopic (exact) mass is 252 g/mol. The topological polar surface area (TPSA) is 47.9 Å². The molecule has 4 nitrogen and oxygen atoms in total. The van der Waals surface area contributed by atoms with Gasteiger partial charge in [0.1, 0.15) is 0 Å². The minimum absolute atomic E-state index is 0.122. The van der Waals surface area contributed by atoms with E-state index < -0.39 is 0 Å². The lowest BCUT2D eigenvalue weighted by molar-refractivity contribution is -0.243. The van der Waals surface area contributed by atoms with Crippen molar-refractivity contribution < 1.29 is 19.3 Å². The summed E-state index contributed by atoms with van der Waals surface area (Å²) in [6, 6.07) is 5.15. The first kappa shape index (κ1) is 13.2. The van der Waals surface area contributed by atoms with Gasteiger partial charge >= 0.3 is 0 Å². The van der Waals surface area contributed by atoms with Crippen LogP contribution in [0.5, 0.6) is 11.5 Å². The zero-order valence-corrected chi connectivity index (χ0v) is 11.1. The van der Waals surface area contributed by atoms with Gasteiger partial charge in [-0.25, -0.2) is 0 Å². The Hall–Kier alpha value is -1.26. The molecule has 0 saturated carbocycles. The van der Waals surface area contributed by atoms with Crippen molar-refractivity contribution >= 4 is 0 Å². The lowest BCUT2D eigenvalue weighted by Crippen LogP contribution is -2.31. The summed E-state index contributed by atoms with van der Waals surface area (Å²) in [4.78, 5) is 0. The van der Waals surface area contributed by atoms with Crippen LogP contribution in [-0.2, 0) is 9.47 Å². The molecule has 1 heterocycles. The van der Waals surface area contributed by atoms with Gasteiger partial charge in [-0.2, -0.15) is 0 Å². The molecular weight excluding hydrogens is 232 g/mol. The SMILES string of the molecule is CCC1CC(C)OC(c2ccc(O)c(OC)c2)O1. The van der Waals surface area contributed by atoms with E-state index in [0.717, 1.165) is 18.4 Å². The van der Waals surface area contributed by atoms with E-state index in [2.05, 4.69) is 13.8 Å². The minimum atomic E-state index is -0.381. The fourth-order valence-electron chi connectivity index (χ4n) is 2.16. The molecule has 18 heavy (non-hydrogen) atoms. The predicted octanol–water partition coefficient (Wildman–Crippen LogP) is 3.00. The highest BCUT2D eigenvalue weighted by atomic mass is 16.7. The van der Waals surface area contributed by atoms with Gasteiger partial charge in [0.25, 0.3) is 0 Å². The molecule has 0 spiro atoms. The van der Waals surface area contributed by atoms with E-state index >= 15 is 0 Å². The first-order chi connectivity index (χ1) is 8.63. The number of ether oxygens (including phenoxy) is 3. The molecule has 3 atom stereocenters. The molecule has 1 aromatic carbocycles. The van der Waals surface area contributed by atoms with Gasteiger partial charge < -0.3 is 19.3 Å². The van der Waals surface area contributed by atoms with E-state index in [1.807, 2.05) is 0 Å². The van der Waals surface area contributed by atoms with E-state index in [1.165, 1.54) is 7.11 Å². The van der Waals surface area contributed by atoms with Crippen molar-refractivity contribution in [3.05, 3.63) is 23.8 Å². The quantitative estimate of drug-likeness (QED) is 0.898. The normalized spacial score (nSPS) is 28.1. The fraction of sp³-hybridized carbons (Fsp3) is 0.571. The number of hydrogen-bond acceptors (Lipinski definition) is 4. The number of benzene rings is 1. The Morgan fingerprint density at radius 1 is 1.39 bits per heavy atom. The lowest BCUT2D eigenvalue weighted by atomic mass is 10.1. The van der Waals surface area contributed by atoms with Crippen LogP contribution in [-0.4, -0.2) is 24.4 Å². The highest BCUT2D eigenvalue weighted by Crippen LogP contribution is 2.35. The summed E-state index contributed by atoms with van der Waals surface area (Å²) in [5.74, 6) is 0.558. The van der Waals surface area contributed by atoms with Crippen LogP contribution in [0.25, 0.3) is 0 Å². The third-order valence-electron chi connectivity index (χ3n) is 3.20. The summed E-state index contributed by atoms with van der Waals surface area (Å²) in [5, 5.41) is 9.58. The van der Waals surface area contributed by atoms with Crippen LogP contribution in [0.15, 0.2) is 18.2 Å². The third kappa shape index (κ3) is 2.76. The van der Waals surface area contributed by atoms with Gasteiger partial charge in [0, 0.05) is 5.56 Å². The van der Waals surface area contributed by atoms with Crippen LogP contribution in [0, 0.1) is 0 Å². The molecule has 100 valence electrons. The van der Waals surface area contributed by atoms with Crippen LogP contribution in [0.2, 0.25) is 0 Å². The molecule has 1 aliphatic heterocycles. The second kappa shape index (κ2) is 5.59. The van der Waals surface area contributed by atoms with Gasteiger partial charge in [-0.1, -0.05) is 13.0 Å². The Kier molecular flexibility index (Phi) is 4.09. The van der Waals surface area contributed by atoms with Gasteiger partial charge in [-0.05, 0) is 31.9 Å². The summed E-state index contributed by atoms with van der Waals surface area (Å²) in [7, 11) is 1.53. The number of aromatic hydroxyl groups is 1. The van der Waals surface area contributed by atoms with Crippen molar-refractivity contribution in [3.63, 3.8) is 0 Å². The van der Waals surface area contributed by atoms with Crippen LogP contribution >= 0.6 is 0 Å². The molecule has 0 radical (unpaired) electrons. The average Bonchev–Trinajstić information content (AvgIpc) is 2.38. The number of phenols is 1. The first-order valence-corrected chi connectivity index (χ1v) is 6.31. The molecule has 1 aliphatic rings. The summed E-state index contributed by atoms with van der Waals surface area (Å²) in [5.41, 5.74) is 0.870. The van der Waals surface area contributed by atoms with E-state index in [4.69, 9.17) is 14.2 Å². The van der Waals surface area contributed by atoms with Crippen molar-refractivity contribution in [3.8, 4) is 11.5 Å². The molecule has 0 amide bonds. The van der Waals surface area contributed by atoms with Crippen molar-refractivity contribution in [2.24, 2.45) is 0 Å². The van der Waals surface area contributed by atoms with Crippen molar-refractivity contribution in [1.82, 2.24) is 0 Å². The second-order valence-corrected chi connectivity index (χ2v) is 4.61. The summed E-state index contributed by atoms with van der Waals surface area (Å²) in [6.07, 6.45) is 1.90. The van der Waals surface area contributed by atoms with Crippen molar-refractivity contribution in [2.75, 3.05) is 7.11 Å². The van der Waals surface area contributed by atoms with E-state index in [1.54, 1.807) is 18.2 Å². The zero-order valence-electron chi connectivity index (χ0n) is 11.1. The second-order valence-electron chi connectivity index (χ2n) is 4.61. The molecule has 1 N–H and O–H groups in total. The summed E-state index contributed by atoms with van der Waals surface area (Å²) < 4.78 is 16.8. The summed E-state index contributed by atoms with van der Waals surface area (Å²) in [6.45, 7) is 4.16. The number of phenolic OH excluding ortho intramolecular Hbond substituents is 1. The van der Waals surface area contributed by atoms with Gasteiger partial charge in [0.05, 0.1) is 19.3 Å². The van der Waals surface area contributed by atoms with Crippen LogP contribution in [0.4, 0.5) is 0 Å². The van der Waals surface area contributed by atoms with Crippen LogP contribution in [0.3, 0.4) is 0 Å². The molecule has 0 bridgehead atoms. The molecule has 1 fully saturated rings. The molecular formula is C14H20O4. The van der Waals surface area contributed by atoms with Gasteiger partial charge in [-0.3, -0.25) is 0 Å². The third-order valence-corrected chi connectivity index (χ3v) is 3.20. The highest BCUT2D eigenvalue weighted by Gasteiger charge is 2.28. The van der Waals surface area contributed by atoms with E-state index in [0.29, 0.717) is 5.75 Å². The van der Waals surface area contributed by atoms with Gasteiger partial charge in [0.15, 0.2) is 17.8 Å². The summed E-state index contributed by atoms with van der Waals surface area (Å²) >= 11 is 0. The number of methoxy groups -OCH3 is 1. The van der Waals surface area contributed by atoms with Crippen LogP contribution < -0.4 is 4.74 Å². The Morgan fingerprint density at radius 3 is 2.83 bits per heavy atom. The molecule has 4 heteroatoms. The average molecular weight is 252 g/mol. The Labute approximate surface area is 107 Å². The predicted molar refractivity (Wildman–Crippen MR) is 67.7 cm³/mol. The fourth-order valence-corrected chi connectivity index (χ4v) is 2.16.